The van der Waals surface area contributed by atoms with Gasteiger partial charge in [-0.15, -0.1) is 0 Å². The van der Waals surface area contributed by atoms with Crippen LogP contribution in [0.25, 0.3) is 0 Å². The van der Waals surface area contributed by atoms with E-state index in [-0.39, 0.29) is 11.4 Å². The van der Waals surface area contributed by atoms with E-state index < -0.39 is 4.92 Å². The molecule has 0 fully saturated rings. The standard InChI is InChI=1S/C18H20ClN3O4/c1-3-9-26-18-16(22(23)24)10-13(11-17(18)25-4-2)12-20-21-15-7-5-14(19)6-8-15/h5-8,10-12,21H,3-4,9H2,1-2H3/b20-12+. The molecule has 0 atom stereocenters. The maximum absolute atomic E-state index is 11.4. The lowest BCUT2D eigenvalue weighted by atomic mass is 10.2. The summed E-state index contributed by atoms with van der Waals surface area (Å²) < 4.78 is 11.0. The third kappa shape index (κ3) is 5.35. The van der Waals surface area contributed by atoms with Crippen molar-refractivity contribution in [3.8, 4) is 11.5 Å². The van der Waals surface area contributed by atoms with Crippen molar-refractivity contribution in [3.63, 3.8) is 0 Å². The average molecular weight is 378 g/mol. The molecule has 0 saturated heterocycles. The molecule has 2 aromatic rings. The van der Waals surface area contributed by atoms with Gasteiger partial charge in [0.25, 0.3) is 0 Å². The summed E-state index contributed by atoms with van der Waals surface area (Å²) >= 11 is 5.83. The molecule has 0 bridgehead atoms. The average Bonchev–Trinajstić information content (AvgIpc) is 2.62. The van der Waals surface area contributed by atoms with Gasteiger partial charge in [0.2, 0.25) is 5.75 Å². The topological polar surface area (TPSA) is 86.0 Å². The van der Waals surface area contributed by atoms with Crippen molar-refractivity contribution in [1.29, 1.82) is 0 Å². The molecule has 0 aliphatic carbocycles. The highest BCUT2D eigenvalue weighted by atomic mass is 35.5. The molecule has 2 rings (SSSR count). The van der Waals surface area contributed by atoms with Gasteiger partial charge < -0.3 is 9.47 Å². The first kappa shape index (κ1) is 19.5. The smallest absolute Gasteiger partial charge is 0.315 e. The molecule has 0 aromatic heterocycles. The largest absolute Gasteiger partial charge is 0.490 e. The number of nitrogens with one attached hydrogen (secondary N) is 1. The summed E-state index contributed by atoms with van der Waals surface area (Å²) in [5, 5.41) is 16.1. The van der Waals surface area contributed by atoms with E-state index in [1.165, 1.54) is 12.3 Å². The number of benzene rings is 2. The Bertz CT molecular complexity index is 779. The molecular weight excluding hydrogens is 358 g/mol. The van der Waals surface area contributed by atoms with Gasteiger partial charge in [0, 0.05) is 16.7 Å². The number of halogens is 1. The van der Waals surface area contributed by atoms with Gasteiger partial charge in [0.1, 0.15) is 0 Å². The SMILES string of the molecule is CCCOc1c(OCC)cc(/C=N/Nc2ccc(Cl)cc2)cc1[N+](=O)[O-]. The first-order valence-electron chi connectivity index (χ1n) is 8.17. The number of nitro groups is 1. The van der Waals surface area contributed by atoms with Crippen LogP contribution in [0.1, 0.15) is 25.8 Å². The summed E-state index contributed by atoms with van der Waals surface area (Å²) in [4.78, 5) is 10.9. The monoisotopic (exact) mass is 377 g/mol. The Hall–Kier alpha value is -2.80. The Kier molecular flexibility index (Phi) is 7.23. The van der Waals surface area contributed by atoms with Crippen molar-refractivity contribution in [2.75, 3.05) is 18.6 Å². The van der Waals surface area contributed by atoms with Crippen molar-refractivity contribution in [1.82, 2.24) is 0 Å². The van der Waals surface area contributed by atoms with E-state index in [4.69, 9.17) is 21.1 Å². The molecule has 0 unspecified atom stereocenters. The molecule has 26 heavy (non-hydrogen) atoms. The van der Waals surface area contributed by atoms with Crippen LogP contribution in [-0.4, -0.2) is 24.4 Å². The number of nitrogens with zero attached hydrogens (tertiary/aromatic N) is 2. The quantitative estimate of drug-likeness (QED) is 0.382. The number of hydrazone groups is 1. The molecular formula is C18H20ClN3O4. The van der Waals surface area contributed by atoms with Crippen LogP contribution in [0.15, 0.2) is 41.5 Å². The maximum Gasteiger partial charge on any atom is 0.315 e. The molecule has 0 aliphatic rings. The number of nitro benzene ring substituents is 1. The summed E-state index contributed by atoms with van der Waals surface area (Å²) in [5.41, 5.74) is 3.95. The van der Waals surface area contributed by atoms with E-state index in [9.17, 15) is 10.1 Å². The van der Waals surface area contributed by atoms with E-state index in [0.717, 1.165) is 12.1 Å². The van der Waals surface area contributed by atoms with Crippen LogP contribution in [-0.2, 0) is 0 Å². The van der Waals surface area contributed by atoms with Gasteiger partial charge in [-0.05, 0) is 43.7 Å². The fourth-order valence-electron chi connectivity index (χ4n) is 2.14. The van der Waals surface area contributed by atoms with Crippen LogP contribution in [0, 0.1) is 10.1 Å². The van der Waals surface area contributed by atoms with Gasteiger partial charge in [-0.1, -0.05) is 18.5 Å². The highest BCUT2D eigenvalue weighted by Gasteiger charge is 2.22. The lowest BCUT2D eigenvalue weighted by Crippen LogP contribution is -2.04. The molecule has 0 radical (unpaired) electrons. The second-order valence-electron chi connectivity index (χ2n) is 5.28. The molecule has 8 heteroatoms. The molecule has 0 saturated carbocycles. The van der Waals surface area contributed by atoms with Crippen molar-refractivity contribution in [3.05, 3.63) is 57.1 Å². The zero-order valence-corrected chi connectivity index (χ0v) is 15.3. The summed E-state index contributed by atoms with van der Waals surface area (Å²) in [5.74, 6) is 0.463. The van der Waals surface area contributed by atoms with Gasteiger partial charge in [-0.25, -0.2) is 0 Å². The number of anilines is 1. The van der Waals surface area contributed by atoms with Crippen LogP contribution < -0.4 is 14.9 Å². The molecule has 7 nitrogen and oxygen atoms in total. The number of hydrogen-bond acceptors (Lipinski definition) is 6. The predicted octanol–water partition coefficient (Wildman–Crippen LogP) is 4.88. The Labute approximate surface area is 156 Å². The highest BCUT2D eigenvalue weighted by Crippen LogP contribution is 2.38. The van der Waals surface area contributed by atoms with Gasteiger partial charge in [0.15, 0.2) is 5.75 Å². The van der Waals surface area contributed by atoms with Crippen LogP contribution in [0.3, 0.4) is 0 Å². The minimum atomic E-state index is -0.489. The molecule has 0 aliphatic heterocycles. The predicted molar refractivity (Wildman–Crippen MR) is 103 cm³/mol. The first-order valence-corrected chi connectivity index (χ1v) is 8.55. The first-order chi connectivity index (χ1) is 12.5. The van der Waals surface area contributed by atoms with Crippen molar-refractivity contribution < 1.29 is 14.4 Å². The minimum absolute atomic E-state index is 0.140. The second kappa shape index (κ2) is 9.62. The third-order valence-electron chi connectivity index (χ3n) is 3.26. The Balaban J connectivity index is 2.28. The molecule has 0 amide bonds. The van der Waals surface area contributed by atoms with E-state index in [2.05, 4.69) is 10.5 Å². The summed E-state index contributed by atoms with van der Waals surface area (Å²) in [6.45, 7) is 4.46. The fourth-order valence-corrected chi connectivity index (χ4v) is 2.26. The van der Waals surface area contributed by atoms with Crippen LogP contribution in [0.2, 0.25) is 5.02 Å². The molecule has 0 spiro atoms. The fraction of sp³-hybridized carbons (Fsp3) is 0.278. The van der Waals surface area contributed by atoms with Gasteiger partial charge in [0.05, 0.1) is 30.0 Å². The number of hydrogen-bond donors (Lipinski definition) is 1. The van der Waals surface area contributed by atoms with Gasteiger partial charge in [-0.3, -0.25) is 15.5 Å². The van der Waals surface area contributed by atoms with Crippen molar-refractivity contribution >= 4 is 29.2 Å². The van der Waals surface area contributed by atoms with E-state index in [0.29, 0.717) is 29.5 Å². The summed E-state index contributed by atoms with van der Waals surface area (Å²) in [6.07, 6.45) is 2.21. The van der Waals surface area contributed by atoms with Crippen molar-refractivity contribution in [2.24, 2.45) is 5.10 Å². The highest BCUT2D eigenvalue weighted by molar-refractivity contribution is 6.30. The Morgan fingerprint density at radius 3 is 2.58 bits per heavy atom. The van der Waals surface area contributed by atoms with Crippen molar-refractivity contribution in [2.45, 2.75) is 20.3 Å². The molecule has 0 heterocycles. The molecule has 1 N–H and O–H groups in total. The Morgan fingerprint density at radius 1 is 1.23 bits per heavy atom. The zero-order valence-electron chi connectivity index (χ0n) is 14.6. The minimum Gasteiger partial charge on any atom is -0.490 e. The number of rotatable bonds is 9. The Morgan fingerprint density at radius 2 is 1.96 bits per heavy atom. The van der Waals surface area contributed by atoms with Crippen LogP contribution in [0.4, 0.5) is 11.4 Å². The third-order valence-corrected chi connectivity index (χ3v) is 3.51. The van der Waals surface area contributed by atoms with E-state index >= 15 is 0 Å². The van der Waals surface area contributed by atoms with Crippen LogP contribution in [0.5, 0.6) is 11.5 Å². The van der Waals surface area contributed by atoms with E-state index in [1.807, 2.05) is 6.92 Å². The van der Waals surface area contributed by atoms with Gasteiger partial charge >= 0.3 is 5.69 Å². The summed E-state index contributed by atoms with van der Waals surface area (Å²) in [6, 6.07) is 10.1. The molecule has 2 aromatic carbocycles. The maximum atomic E-state index is 11.4. The van der Waals surface area contributed by atoms with E-state index in [1.54, 1.807) is 37.3 Å². The van der Waals surface area contributed by atoms with Gasteiger partial charge in [-0.2, -0.15) is 5.10 Å². The normalized spacial score (nSPS) is 10.7. The lowest BCUT2D eigenvalue weighted by molar-refractivity contribution is -0.386. The summed E-state index contributed by atoms with van der Waals surface area (Å²) in [7, 11) is 0. The second-order valence-corrected chi connectivity index (χ2v) is 5.72. The molecule has 138 valence electrons. The van der Waals surface area contributed by atoms with Crippen LogP contribution >= 0.6 is 11.6 Å². The zero-order chi connectivity index (χ0) is 18.9. The number of ether oxygens (including phenoxy) is 2. The lowest BCUT2D eigenvalue weighted by Gasteiger charge is -2.12.